The SMILES string of the molecule is BC(C)NCCN. The predicted molar refractivity (Wildman–Crippen MR) is 35.1 cm³/mol. The van der Waals surface area contributed by atoms with E-state index in [2.05, 4.69) is 20.1 Å². The van der Waals surface area contributed by atoms with Crippen LogP contribution in [0.2, 0.25) is 0 Å². The van der Waals surface area contributed by atoms with Crippen molar-refractivity contribution in [1.29, 1.82) is 0 Å². The summed E-state index contributed by atoms with van der Waals surface area (Å²) in [5, 5.41) is 3.17. The Morgan fingerprint density at radius 3 is 2.57 bits per heavy atom. The average Bonchev–Trinajstić information content (AvgIpc) is 1.61. The average molecular weight is 100.0 g/mol. The van der Waals surface area contributed by atoms with Gasteiger partial charge in [-0.1, -0.05) is 6.92 Å². The van der Waals surface area contributed by atoms with Gasteiger partial charge in [-0.3, -0.25) is 0 Å². The predicted octanol–water partition coefficient (Wildman–Crippen LogP) is -1.49. The number of hydrogen-bond donors (Lipinski definition) is 2. The van der Waals surface area contributed by atoms with Gasteiger partial charge in [-0.2, -0.15) is 0 Å². The van der Waals surface area contributed by atoms with Gasteiger partial charge in [-0.25, -0.2) is 0 Å². The Labute approximate surface area is 45.9 Å². The highest BCUT2D eigenvalue weighted by molar-refractivity contribution is 6.11. The van der Waals surface area contributed by atoms with Crippen molar-refractivity contribution in [1.82, 2.24) is 5.32 Å². The van der Waals surface area contributed by atoms with E-state index in [1.807, 2.05) is 0 Å². The molecule has 0 amide bonds. The van der Waals surface area contributed by atoms with E-state index in [0.717, 1.165) is 13.1 Å². The van der Waals surface area contributed by atoms with E-state index in [9.17, 15) is 0 Å². The van der Waals surface area contributed by atoms with Crippen molar-refractivity contribution in [3.05, 3.63) is 0 Å². The number of rotatable bonds is 3. The van der Waals surface area contributed by atoms with E-state index in [1.165, 1.54) is 0 Å². The Morgan fingerprint density at radius 2 is 2.43 bits per heavy atom. The lowest BCUT2D eigenvalue weighted by atomic mass is 9.99. The van der Waals surface area contributed by atoms with Gasteiger partial charge in [0, 0.05) is 13.1 Å². The Morgan fingerprint density at radius 1 is 1.86 bits per heavy atom. The number of nitrogens with one attached hydrogen (secondary N) is 1. The van der Waals surface area contributed by atoms with Gasteiger partial charge in [-0.15, -0.1) is 0 Å². The third-order valence-electron chi connectivity index (χ3n) is 0.697. The van der Waals surface area contributed by atoms with Gasteiger partial charge in [-0.05, 0) is 5.94 Å². The molecule has 0 bridgehead atoms. The van der Waals surface area contributed by atoms with Crippen LogP contribution >= 0.6 is 0 Å². The highest BCUT2D eigenvalue weighted by Crippen LogP contribution is 1.64. The molecule has 0 spiro atoms. The van der Waals surface area contributed by atoms with Crippen molar-refractivity contribution >= 4 is 7.85 Å². The summed E-state index contributed by atoms with van der Waals surface area (Å²) in [5.41, 5.74) is 5.21. The Bertz CT molecular complexity index is 38.7. The largest absolute Gasteiger partial charge is 0.329 e. The lowest BCUT2D eigenvalue weighted by Crippen LogP contribution is -2.30. The zero-order valence-corrected chi connectivity index (χ0v) is 5.07. The van der Waals surface area contributed by atoms with Crippen LogP contribution in [0.1, 0.15) is 6.92 Å². The zero-order valence-electron chi connectivity index (χ0n) is 5.07. The van der Waals surface area contributed by atoms with E-state index in [-0.39, 0.29) is 0 Å². The van der Waals surface area contributed by atoms with E-state index in [4.69, 9.17) is 5.73 Å². The first kappa shape index (κ1) is 6.98. The summed E-state index contributed by atoms with van der Waals surface area (Å²) in [6, 6.07) is 0. The lowest BCUT2D eigenvalue weighted by molar-refractivity contribution is 0.682. The fourth-order valence-corrected chi connectivity index (χ4v) is 0.372. The maximum atomic E-state index is 5.21. The summed E-state index contributed by atoms with van der Waals surface area (Å²) in [5.74, 6) is 0.573. The molecule has 3 N–H and O–H groups in total. The van der Waals surface area contributed by atoms with Crippen LogP contribution in [0.25, 0.3) is 0 Å². The molecule has 0 radical (unpaired) electrons. The first-order valence-corrected chi connectivity index (χ1v) is 2.71. The summed E-state index contributed by atoms with van der Waals surface area (Å²) in [4.78, 5) is 0. The van der Waals surface area contributed by atoms with Gasteiger partial charge in [0.05, 0.1) is 0 Å². The van der Waals surface area contributed by atoms with Gasteiger partial charge in [0.1, 0.15) is 7.85 Å². The minimum absolute atomic E-state index is 0.573. The second-order valence-corrected chi connectivity index (χ2v) is 1.90. The molecule has 0 aliphatic heterocycles. The molecule has 0 aromatic heterocycles. The topological polar surface area (TPSA) is 38.0 Å². The molecule has 0 aliphatic rings. The fourth-order valence-electron chi connectivity index (χ4n) is 0.372. The molecule has 0 heterocycles. The van der Waals surface area contributed by atoms with Crippen molar-refractivity contribution in [2.45, 2.75) is 12.9 Å². The van der Waals surface area contributed by atoms with Crippen molar-refractivity contribution in [3.8, 4) is 0 Å². The molecule has 0 aromatic carbocycles. The Kier molecular flexibility index (Phi) is 4.14. The fraction of sp³-hybridized carbons (Fsp3) is 1.00. The normalized spacial score (nSPS) is 14.0. The van der Waals surface area contributed by atoms with E-state index in [0.29, 0.717) is 5.94 Å². The number of nitrogens with two attached hydrogens (primary N) is 1. The summed E-state index contributed by atoms with van der Waals surface area (Å²) < 4.78 is 0. The summed E-state index contributed by atoms with van der Waals surface area (Å²) >= 11 is 0. The highest BCUT2D eigenvalue weighted by Gasteiger charge is 1.86. The van der Waals surface area contributed by atoms with E-state index in [1.54, 1.807) is 0 Å². The van der Waals surface area contributed by atoms with Gasteiger partial charge in [0.2, 0.25) is 0 Å². The molecule has 7 heavy (non-hydrogen) atoms. The third kappa shape index (κ3) is 5.98. The number of hydrogen-bond acceptors (Lipinski definition) is 2. The summed E-state index contributed by atoms with van der Waals surface area (Å²) in [6.45, 7) is 3.77. The smallest absolute Gasteiger partial charge is 0.123 e. The quantitative estimate of drug-likeness (QED) is 0.424. The van der Waals surface area contributed by atoms with Crippen molar-refractivity contribution in [2.24, 2.45) is 5.73 Å². The third-order valence-corrected chi connectivity index (χ3v) is 0.697. The van der Waals surface area contributed by atoms with Crippen LogP contribution in [-0.4, -0.2) is 26.9 Å². The molecule has 2 nitrogen and oxygen atoms in total. The molecule has 0 rings (SSSR count). The molecular formula is C4H13BN2. The van der Waals surface area contributed by atoms with Crippen LogP contribution in [0.15, 0.2) is 0 Å². The molecule has 42 valence electrons. The maximum absolute atomic E-state index is 5.21. The van der Waals surface area contributed by atoms with E-state index >= 15 is 0 Å². The first-order chi connectivity index (χ1) is 3.27. The minimum Gasteiger partial charge on any atom is -0.329 e. The summed E-state index contributed by atoms with van der Waals surface area (Å²) in [7, 11) is 2.11. The van der Waals surface area contributed by atoms with Crippen LogP contribution in [-0.2, 0) is 0 Å². The zero-order chi connectivity index (χ0) is 5.70. The van der Waals surface area contributed by atoms with Crippen LogP contribution in [0, 0.1) is 0 Å². The van der Waals surface area contributed by atoms with Crippen molar-refractivity contribution < 1.29 is 0 Å². The van der Waals surface area contributed by atoms with Gasteiger partial charge < -0.3 is 11.1 Å². The molecule has 3 heteroatoms. The minimum atomic E-state index is 0.573. The Hall–Kier alpha value is -0.0151. The second kappa shape index (κ2) is 4.15. The van der Waals surface area contributed by atoms with Crippen molar-refractivity contribution in [2.75, 3.05) is 13.1 Å². The van der Waals surface area contributed by atoms with E-state index < -0.39 is 0 Å². The van der Waals surface area contributed by atoms with Crippen LogP contribution in [0.5, 0.6) is 0 Å². The lowest BCUT2D eigenvalue weighted by Gasteiger charge is -2.03. The molecule has 1 unspecified atom stereocenters. The first-order valence-electron chi connectivity index (χ1n) is 2.71. The Balaban J connectivity index is 2.68. The molecule has 0 saturated carbocycles. The van der Waals surface area contributed by atoms with Gasteiger partial charge in [0.15, 0.2) is 0 Å². The molecular weight excluding hydrogens is 86.9 g/mol. The standard InChI is InChI=1S/C4H13BN2/c1-4(5)7-3-2-6/h4,7H,2-3,5-6H2,1H3. The molecule has 0 fully saturated rings. The monoisotopic (exact) mass is 100 g/mol. The summed E-state index contributed by atoms with van der Waals surface area (Å²) in [6.07, 6.45) is 0. The van der Waals surface area contributed by atoms with Gasteiger partial charge >= 0.3 is 0 Å². The second-order valence-electron chi connectivity index (χ2n) is 1.90. The van der Waals surface area contributed by atoms with Crippen LogP contribution in [0.3, 0.4) is 0 Å². The maximum Gasteiger partial charge on any atom is 0.123 e. The van der Waals surface area contributed by atoms with Gasteiger partial charge in [0.25, 0.3) is 0 Å². The van der Waals surface area contributed by atoms with Crippen LogP contribution in [0.4, 0.5) is 0 Å². The molecule has 1 atom stereocenters. The van der Waals surface area contributed by atoms with Crippen LogP contribution < -0.4 is 11.1 Å². The molecule has 0 aromatic rings. The highest BCUT2D eigenvalue weighted by atomic mass is 14.9. The molecule has 0 aliphatic carbocycles. The van der Waals surface area contributed by atoms with Crippen molar-refractivity contribution in [3.63, 3.8) is 0 Å². The molecule has 0 saturated heterocycles.